The molecule has 0 bridgehead atoms. The zero-order valence-electron chi connectivity index (χ0n) is 12.8. The smallest absolute Gasteiger partial charge is 0.0409 e. The largest absolute Gasteiger partial charge is 0.319 e. The van der Waals surface area contributed by atoms with Crippen LogP contribution in [0, 0.1) is 0 Å². The summed E-state index contributed by atoms with van der Waals surface area (Å²) in [6.07, 6.45) is 1.07. The van der Waals surface area contributed by atoms with Crippen LogP contribution >= 0.6 is 11.6 Å². The van der Waals surface area contributed by atoms with Gasteiger partial charge in [0.1, 0.15) is 0 Å². The van der Waals surface area contributed by atoms with Gasteiger partial charge in [0.05, 0.1) is 0 Å². The molecule has 0 atom stereocenters. The van der Waals surface area contributed by atoms with Crippen LogP contribution in [-0.4, -0.2) is 25.5 Å². The topological polar surface area (TPSA) is 15.3 Å². The SMILES string of the molecule is CNCCc1ccccc1CN(C)Cc1cccc(Cl)c1. The zero-order valence-corrected chi connectivity index (χ0v) is 13.5. The summed E-state index contributed by atoms with van der Waals surface area (Å²) in [5.74, 6) is 0. The first-order valence-corrected chi connectivity index (χ1v) is 7.71. The van der Waals surface area contributed by atoms with Crippen molar-refractivity contribution in [3.63, 3.8) is 0 Å². The van der Waals surface area contributed by atoms with Crippen LogP contribution in [0.25, 0.3) is 0 Å². The van der Waals surface area contributed by atoms with Crippen LogP contribution in [0.1, 0.15) is 16.7 Å². The van der Waals surface area contributed by atoms with E-state index in [1.807, 2.05) is 25.2 Å². The van der Waals surface area contributed by atoms with Crippen LogP contribution in [-0.2, 0) is 19.5 Å². The molecule has 0 saturated carbocycles. The summed E-state index contributed by atoms with van der Waals surface area (Å²) in [6, 6.07) is 16.8. The van der Waals surface area contributed by atoms with Crippen molar-refractivity contribution >= 4 is 11.6 Å². The van der Waals surface area contributed by atoms with Crippen molar-refractivity contribution in [1.82, 2.24) is 10.2 Å². The van der Waals surface area contributed by atoms with Crippen LogP contribution in [0.2, 0.25) is 5.02 Å². The summed E-state index contributed by atoms with van der Waals surface area (Å²) in [5.41, 5.74) is 4.07. The third-order valence-corrected chi connectivity index (χ3v) is 3.78. The van der Waals surface area contributed by atoms with Gasteiger partial charge in [-0.15, -0.1) is 0 Å². The second-order valence-corrected chi connectivity index (χ2v) is 5.86. The highest BCUT2D eigenvalue weighted by atomic mass is 35.5. The molecule has 2 aromatic carbocycles. The van der Waals surface area contributed by atoms with Gasteiger partial charge in [-0.3, -0.25) is 4.90 Å². The summed E-state index contributed by atoms with van der Waals surface area (Å²) in [4.78, 5) is 2.32. The van der Waals surface area contributed by atoms with Crippen molar-refractivity contribution in [2.75, 3.05) is 20.6 Å². The van der Waals surface area contributed by atoms with Crippen molar-refractivity contribution in [2.45, 2.75) is 19.5 Å². The van der Waals surface area contributed by atoms with Gasteiger partial charge in [0.2, 0.25) is 0 Å². The molecular formula is C18H23ClN2. The number of nitrogens with zero attached hydrogens (tertiary/aromatic N) is 1. The number of hydrogen-bond donors (Lipinski definition) is 1. The zero-order chi connectivity index (χ0) is 15.1. The van der Waals surface area contributed by atoms with E-state index in [-0.39, 0.29) is 0 Å². The van der Waals surface area contributed by atoms with Gasteiger partial charge < -0.3 is 5.32 Å². The number of likely N-dealkylation sites (N-methyl/N-ethyl adjacent to an activating group) is 1. The second-order valence-electron chi connectivity index (χ2n) is 5.42. The number of halogens is 1. The summed E-state index contributed by atoms with van der Waals surface area (Å²) >= 11 is 6.05. The third kappa shape index (κ3) is 5.16. The van der Waals surface area contributed by atoms with Crippen molar-refractivity contribution in [3.05, 3.63) is 70.2 Å². The molecule has 0 radical (unpaired) electrons. The first-order valence-electron chi connectivity index (χ1n) is 7.33. The van der Waals surface area contributed by atoms with Crippen LogP contribution in [0.4, 0.5) is 0 Å². The van der Waals surface area contributed by atoms with E-state index < -0.39 is 0 Å². The number of rotatable bonds is 7. The number of nitrogens with one attached hydrogen (secondary N) is 1. The van der Waals surface area contributed by atoms with Crippen molar-refractivity contribution < 1.29 is 0 Å². The Morgan fingerprint density at radius 2 is 1.76 bits per heavy atom. The molecule has 112 valence electrons. The van der Waals surface area contributed by atoms with E-state index in [9.17, 15) is 0 Å². The van der Waals surface area contributed by atoms with Crippen LogP contribution in [0.5, 0.6) is 0 Å². The highest BCUT2D eigenvalue weighted by Crippen LogP contribution is 2.15. The molecule has 0 aliphatic rings. The summed E-state index contributed by atoms with van der Waals surface area (Å²) in [6.45, 7) is 2.86. The molecule has 0 unspecified atom stereocenters. The first-order chi connectivity index (χ1) is 10.2. The molecule has 2 nitrogen and oxygen atoms in total. The van der Waals surface area contributed by atoms with Gasteiger partial charge in [0.25, 0.3) is 0 Å². The molecule has 2 rings (SSSR count). The van der Waals surface area contributed by atoms with Crippen molar-refractivity contribution in [1.29, 1.82) is 0 Å². The Balaban J connectivity index is 2.00. The fraction of sp³-hybridized carbons (Fsp3) is 0.333. The lowest BCUT2D eigenvalue weighted by Crippen LogP contribution is -2.19. The minimum absolute atomic E-state index is 0.801. The van der Waals surface area contributed by atoms with Crippen molar-refractivity contribution in [2.24, 2.45) is 0 Å². The molecule has 0 fully saturated rings. The lowest BCUT2D eigenvalue weighted by molar-refractivity contribution is 0.318. The lowest BCUT2D eigenvalue weighted by atomic mass is 10.0. The van der Waals surface area contributed by atoms with E-state index in [1.54, 1.807) is 0 Å². The Labute approximate surface area is 132 Å². The minimum atomic E-state index is 0.801. The fourth-order valence-electron chi connectivity index (χ4n) is 2.51. The van der Waals surface area contributed by atoms with Gasteiger partial charge in [-0.1, -0.05) is 48.0 Å². The maximum atomic E-state index is 6.05. The average molecular weight is 303 g/mol. The van der Waals surface area contributed by atoms with E-state index in [1.165, 1.54) is 16.7 Å². The molecule has 0 spiro atoms. The Bertz CT molecular complexity index is 569. The predicted octanol–water partition coefficient (Wildman–Crippen LogP) is 3.73. The van der Waals surface area contributed by atoms with E-state index in [2.05, 4.69) is 47.6 Å². The molecule has 0 aliphatic heterocycles. The standard InChI is InChI=1S/C18H23ClN2/c1-20-11-10-16-7-3-4-8-17(16)14-21(2)13-15-6-5-9-18(19)12-15/h3-9,12,20H,10-11,13-14H2,1-2H3. The van der Waals surface area contributed by atoms with E-state index in [0.29, 0.717) is 0 Å². The van der Waals surface area contributed by atoms with Crippen LogP contribution in [0.15, 0.2) is 48.5 Å². The van der Waals surface area contributed by atoms with Crippen LogP contribution in [0.3, 0.4) is 0 Å². The Kier molecular flexibility index (Phi) is 6.24. The normalized spacial score (nSPS) is 11.0. The monoisotopic (exact) mass is 302 g/mol. The predicted molar refractivity (Wildman–Crippen MR) is 90.7 cm³/mol. The van der Waals surface area contributed by atoms with Crippen LogP contribution < -0.4 is 5.32 Å². The Morgan fingerprint density at radius 1 is 1.00 bits per heavy atom. The Morgan fingerprint density at radius 3 is 2.48 bits per heavy atom. The molecule has 2 aromatic rings. The maximum Gasteiger partial charge on any atom is 0.0409 e. The quantitative estimate of drug-likeness (QED) is 0.838. The molecule has 0 amide bonds. The van der Waals surface area contributed by atoms with E-state index in [4.69, 9.17) is 11.6 Å². The summed E-state index contributed by atoms with van der Waals surface area (Å²) in [7, 11) is 4.14. The highest BCUT2D eigenvalue weighted by molar-refractivity contribution is 6.30. The third-order valence-electron chi connectivity index (χ3n) is 3.54. The summed E-state index contributed by atoms with van der Waals surface area (Å²) < 4.78 is 0. The van der Waals surface area contributed by atoms with E-state index in [0.717, 1.165) is 31.1 Å². The van der Waals surface area contributed by atoms with Gasteiger partial charge in [-0.05, 0) is 55.9 Å². The highest BCUT2D eigenvalue weighted by Gasteiger charge is 2.06. The maximum absolute atomic E-state index is 6.05. The Hall–Kier alpha value is -1.35. The van der Waals surface area contributed by atoms with Gasteiger partial charge in [-0.2, -0.15) is 0 Å². The summed E-state index contributed by atoms with van der Waals surface area (Å²) in [5, 5.41) is 4.02. The lowest BCUT2D eigenvalue weighted by Gasteiger charge is -2.19. The average Bonchev–Trinajstić information content (AvgIpc) is 2.46. The number of benzene rings is 2. The number of hydrogen-bond acceptors (Lipinski definition) is 2. The van der Waals surface area contributed by atoms with E-state index >= 15 is 0 Å². The van der Waals surface area contributed by atoms with Gasteiger partial charge in [-0.25, -0.2) is 0 Å². The molecule has 0 aromatic heterocycles. The molecule has 1 N–H and O–H groups in total. The first kappa shape index (κ1) is 16.0. The molecule has 0 saturated heterocycles. The van der Waals surface area contributed by atoms with Gasteiger partial charge in [0, 0.05) is 18.1 Å². The van der Waals surface area contributed by atoms with Gasteiger partial charge in [0.15, 0.2) is 0 Å². The second kappa shape index (κ2) is 8.18. The van der Waals surface area contributed by atoms with Crippen molar-refractivity contribution in [3.8, 4) is 0 Å². The van der Waals surface area contributed by atoms with Gasteiger partial charge >= 0.3 is 0 Å². The molecule has 0 heterocycles. The fourth-order valence-corrected chi connectivity index (χ4v) is 2.72. The minimum Gasteiger partial charge on any atom is -0.319 e. The molecule has 0 aliphatic carbocycles. The molecular weight excluding hydrogens is 280 g/mol. The molecule has 21 heavy (non-hydrogen) atoms. The molecule has 3 heteroatoms.